The SMILES string of the molecule is C#Cc1ccc2[nH]c3ccccc3c2c1. The first kappa shape index (κ1) is 8.14. The van der Waals surface area contributed by atoms with Gasteiger partial charge in [-0.25, -0.2) is 0 Å². The summed E-state index contributed by atoms with van der Waals surface area (Å²) in [6.45, 7) is 0. The van der Waals surface area contributed by atoms with E-state index in [4.69, 9.17) is 6.42 Å². The van der Waals surface area contributed by atoms with Crippen LogP contribution < -0.4 is 0 Å². The topological polar surface area (TPSA) is 15.8 Å². The number of terminal acetylenes is 1. The molecular weight excluding hydrogens is 182 g/mol. The van der Waals surface area contributed by atoms with E-state index in [1.807, 2.05) is 30.3 Å². The minimum absolute atomic E-state index is 0.923. The van der Waals surface area contributed by atoms with Gasteiger partial charge in [0.1, 0.15) is 0 Å². The van der Waals surface area contributed by atoms with Crippen LogP contribution in [0.25, 0.3) is 21.8 Å². The standard InChI is InChI=1S/C14H9N/c1-2-10-7-8-14-12(9-10)11-5-3-4-6-13(11)15-14/h1,3-9,15H. The maximum Gasteiger partial charge on any atom is 0.0465 e. The number of nitrogens with one attached hydrogen (secondary N) is 1. The van der Waals surface area contributed by atoms with Crippen LogP contribution in [0.5, 0.6) is 0 Å². The van der Waals surface area contributed by atoms with Crippen LogP contribution >= 0.6 is 0 Å². The van der Waals surface area contributed by atoms with Gasteiger partial charge in [-0.15, -0.1) is 6.42 Å². The van der Waals surface area contributed by atoms with Crippen molar-refractivity contribution >= 4 is 21.8 Å². The third-order valence-electron chi connectivity index (χ3n) is 2.67. The van der Waals surface area contributed by atoms with Crippen molar-refractivity contribution in [2.45, 2.75) is 0 Å². The van der Waals surface area contributed by atoms with Gasteiger partial charge in [0, 0.05) is 27.4 Å². The molecule has 2 aromatic carbocycles. The van der Waals surface area contributed by atoms with Gasteiger partial charge in [-0.05, 0) is 24.3 Å². The molecule has 0 unspecified atom stereocenters. The van der Waals surface area contributed by atoms with Crippen molar-refractivity contribution < 1.29 is 0 Å². The van der Waals surface area contributed by atoms with E-state index in [9.17, 15) is 0 Å². The van der Waals surface area contributed by atoms with E-state index in [0.29, 0.717) is 0 Å². The van der Waals surface area contributed by atoms with Gasteiger partial charge in [-0.1, -0.05) is 24.1 Å². The van der Waals surface area contributed by atoms with Crippen LogP contribution in [0.2, 0.25) is 0 Å². The molecule has 0 amide bonds. The van der Waals surface area contributed by atoms with E-state index < -0.39 is 0 Å². The van der Waals surface area contributed by atoms with Crippen molar-refractivity contribution in [1.82, 2.24) is 4.98 Å². The van der Waals surface area contributed by atoms with Gasteiger partial charge in [-0.2, -0.15) is 0 Å². The van der Waals surface area contributed by atoms with Gasteiger partial charge in [0.25, 0.3) is 0 Å². The van der Waals surface area contributed by atoms with Crippen molar-refractivity contribution in [3.05, 3.63) is 48.0 Å². The molecule has 0 fully saturated rings. The van der Waals surface area contributed by atoms with E-state index >= 15 is 0 Å². The van der Waals surface area contributed by atoms with Crippen molar-refractivity contribution in [2.24, 2.45) is 0 Å². The van der Waals surface area contributed by atoms with Crippen LogP contribution in [0.15, 0.2) is 42.5 Å². The molecule has 1 heterocycles. The monoisotopic (exact) mass is 191 g/mol. The number of benzene rings is 2. The Balaban J connectivity index is 2.53. The van der Waals surface area contributed by atoms with Crippen LogP contribution in [0.4, 0.5) is 0 Å². The molecule has 1 aromatic heterocycles. The van der Waals surface area contributed by atoms with Crippen LogP contribution in [-0.4, -0.2) is 4.98 Å². The number of hydrogen-bond donors (Lipinski definition) is 1. The Hall–Kier alpha value is -2.20. The number of H-pyrrole nitrogens is 1. The normalized spacial score (nSPS) is 10.6. The first-order valence-corrected chi connectivity index (χ1v) is 4.85. The zero-order chi connectivity index (χ0) is 10.3. The number of fused-ring (bicyclic) bond motifs is 3. The Bertz CT molecular complexity index is 683. The second-order valence-corrected chi connectivity index (χ2v) is 3.58. The number of aromatic nitrogens is 1. The van der Waals surface area contributed by atoms with Crippen LogP contribution in [-0.2, 0) is 0 Å². The zero-order valence-electron chi connectivity index (χ0n) is 8.12. The van der Waals surface area contributed by atoms with Crippen LogP contribution in [0.3, 0.4) is 0 Å². The Kier molecular flexibility index (Phi) is 1.57. The first-order valence-electron chi connectivity index (χ1n) is 4.85. The van der Waals surface area contributed by atoms with Crippen molar-refractivity contribution in [1.29, 1.82) is 0 Å². The molecule has 0 aliphatic heterocycles. The molecule has 1 heteroatoms. The molecule has 0 radical (unpaired) electrons. The van der Waals surface area contributed by atoms with Gasteiger partial charge >= 0.3 is 0 Å². The molecule has 0 saturated heterocycles. The zero-order valence-corrected chi connectivity index (χ0v) is 8.12. The smallest absolute Gasteiger partial charge is 0.0465 e. The maximum atomic E-state index is 5.39. The summed E-state index contributed by atoms with van der Waals surface area (Å²) in [5, 5.41) is 2.42. The predicted octanol–water partition coefficient (Wildman–Crippen LogP) is 3.30. The minimum atomic E-state index is 0.923. The lowest BCUT2D eigenvalue weighted by atomic mass is 10.1. The summed E-state index contributed by atoms with van der Waals surface area (Å²) in [5.74, 6) is 2.66. The molecule has 70 valence electrons. The quantitative estimate of drug-likeness (QED) is 0.525. The maximum absolute atomic E-state index is 5.39. The predicted molar refractivity (Wildman–Crippen MR) is 63.7 cm³/mol. The fraction of sp³-hybridized carbons (Fsp3) is 0. The van der Waals surface area contributed by atoms with E-state index in [-0.39, 0.29) is 0 Å². The van der Waals surface area contributed by atoms with Crippen molar-refractivity contribution in [2.75, 3.05) is 0 Å². The average molecular weight is 191 g/mol. The highest BCUT2D eigenvalue weighted by Gasteiger charge is 2.02. The summed E-state index contributed by atoms with van der Waals surface area (Å²) in [6.07, 6.45) is 5.39. The highest BCUT2D eigenvalue weighted by atomic mass is 14.7. The van der Waals surface area contributed by atoms with Gasteiger partial charge in [0.05, 0.1) is 0 Å². The Morgan fingerprint density at radius 3 is 2.60 bits per heavy atom. The molecule has 3 rings (SSSR count). The summed E-state index contributed by atoms with van der Waals surface area (Å²) in [4.78, 5) is 3.36. The summed E-state index contributed by atoms with van der Waals surface area (Å²) in [6, 6.07) is 14.3. The van der Waals surface area contributed by atoms with E-state index in [0.717, 1.165) is 16.6 Å². The van der Waals surface area contributed by atoms with Crippen LogP contribution in [0.1, 0.15) is 5.56 Å². The number of aromatic amines is 1. The highest BCUT2D eigenvalue weighted by Crippen LogP contribution is 2.25. The minimum Gasteiger partial charge on any atom is -0.355 e. The van der Waals surface area contributed by atoms with Crippen molar-refractivity contribution in [3.63, 3.8) is 0 Å². The Morgan fingerprint density at radius 2 is 1.73 bits per heavy atom. The average Bonchev–Trinajstić information content (AvgIpc) is 2.66. The second-order valence-electron chi connectivity index (χ2n) is 3.58. The molecule has 0 saturated carbocycles. The third-order valence-corrected chi connectivity index (χ3v) is 2.67. The molecule has 0 aliphatic carbocycles. The van der Waals surface area contributed by atoms with E-state index in [1.165, 1.54) is 10.8 Å². The molecule has 1 N–H and O–H groups in total. The third kappa shape index (κ3) is 1.12. The van der Waals surface area contributed by atoms with Gasteiger partial charge < -0.3 is 4.98 Å². The fourth-order valence-corrected chi connectivity index (χ4v) is 1.94. The molecule has 0 aliphatic rings. The lowest BCUT2D eigenvalue weighted by Gasteiger charge is -1.92. The largest absolute Gasteiger partial charge is 0.355 e. The lowest BCUT2D eigenvalue weighted by molar-refractivity contribution is 1.54. The molecule has 15 heavy (non-hydrogen) atoms. The summed E-state index contributed by atoms with van der Waals surface area (Å²) < 4.78 is 0. The Morgan fingerprint density at radius 1 is 0.933 bits per heavy atom. The number of hydrogen-bond acceptors (Lipinski definition) is 0. The second kappa shape index (κ2) is 2.90. The van der Waals surface area contributed by atoms with E-state index in [2.05, 4.69) is 23.0 Å². The molecule has 0 atom stereocenters. The van der Waals surface area contributed by atoms with Crippen LogP contribution in [0, 0.1) is 12.3 Å². The van der Waals surface area contributed by atoms with Gasteiger partial charge in [-0.3, -0.25) is 0 Å². The molecular formula is C14H9N. The van der Waals surface area contributed by atoms with Gasteiger partial charge in [0.15, 0.2) is 0 Å². The first-order chi connectivity index (χ1) is 7.38. The number of rotatable bonds is 0. The molecule has 0 bridgehead atoms. The highest BCUT2D eigenvalue weighted by molar-refractivity contribution is 6.07. The summed E-state index contributed by atoms with van der Waals surface area (Å²) in [7, 11) is 0. The Labute approximate surface area is 87.7 Å². The lowest BCUT2D eigenvalue weighted by Crippen LogP contribution is -1.72. The molecule has 1 nitrogen and oxygen atoms in total. The van der Waals surface area contributed by atoms with Crippen molar-refractivity contribution in [3.8, 4) is 12.3 Å². The molecule has 3 aromatic rings. The summed E-state index contributed by atoms with van der Waals surface area (Å²) in [5.41, 5.74) is 3.21. The summed E-state index contributed by atoms with van der Waals surface area (Å²) >= 11 is 0. The fourth-order valence-electron chi connectivity index (χ4n) is 1.94. The number of para-hydroxylation sites is 1. The van der Waals surface area contributed by atoms with Gasteiger partial charge in [0.2, 0.25) is 0 Å². The van der Waals surface area contributed by atoms with E-state index in [1.54, 1.807) is 0 Å². The molecule has 0 spiro atoms.